The summed E-state index contributed by atoms with van der Waals surface area (Å²) in [5, 5.41) is 0. The summed E-state index contributed by atoms with van der Waals surface area (Å²) in [4.78, 5) is 38.2. The monoisotopic (exact) mass is 743 g/mol. The minimum Gasteiger partial charge on any atom is -0.464 e. The predicted molar refractivity (Wildman–Crippen MR) is 128 cm³/mol. The molecule has 0 radical (unpaired) electrons. The number of hydrogen-bond acceptors (Lipinski definition) is 8. The van der Waals surface area contributed by atoms with Gasteiger partial charge in [0.2, 0.25) is 0 Å². The van der Waals surface area contributed by atoms with Crippen LogP contribution in [0, 0.1) is 37.7 Å². The van der Waals surface area contributed by atoms with Gasteiger partial charge in [-0.15, -0.1) is 0 Å². The summed E-state index contributed by atoms with van der Waals surface area (Å²) in [6.45, 7) is 0.384. The quantitative estimate of drug-likeness (QED) is 0.196. The molecule has 1 aromatic carbocycles. The number of benzene rings is 1. The van der Waals surface area contributed by atoms with Crippen LogP contribution in [0.2, 0.25) is 0 Å². The number of ether oxygens (including phenoxy) is 3. The molecule has 6 unspecified atom stereocenters. The molecule has 1 N–H and O–H groups in total. The van der Waals surface area contributed by atoms with Crippen LogP contribution in [-0.4, -0.2) is 57.2 Å². The normalized spacial score (nSPS) is 29.3. The number of hydrogen-bond donors (Lipinski definition) is 1. The minimum atomic E-state index is -5.57. The van der Waals surface area contributed by atoms with Crippen LogP contribution < -0.4 is 4.72 Å². The Morgan fingerprint density at radius 1 is 1.23 bits per heavy atom. The average Bonchev–Trinajstić information content (AvgIpc) is 3.36. The number of aryl methyl sites for hydroxylation is 1. The van der Waals surface area contributed by atoms with Crippen LogP contribution in [0.5, 0.6) is 0 Å². The minimum absolute atomic E-state index is 0.342. The molecular formula is C20H18F3I2NO8S. The first-order chi connectivity index (χ1) is 16.2. The Morgan fingerprint density at radius 3 is 2.57 bits per heavy atom. The van der Waals surface area contributed by atoms with Crippen LogP contribution in [0.4, 0.5) is 13.2 Å². The van der Waals surface area contributed by atoms with E-state index in [-0.39, 0.29) is 5.92 Å². The topological polar surface area (TPSA) is 125 Å². The van der Waals surface area contributed by atoms with Gasteiger partial charge in [0.15, 0.2) is 0 Å². The van der Waals surface area contributed by atoms with Crippen LogP contribution in [-0.2, 0) is 33.8 Å². The summed E-state index contributed by atoms with van der Waals surface area (Å²) in [5.41, 5.74) is -4.27. The van der Waals surface area contributed by atoms with Crippen LogP contribution in [0.15, 0.2) is 12.1 Å². The van der Waals surface area contributed by atoms with E-state index < -0.39 is 76.6 Å². The smallest absolute Gasteiger partial charge is 0.464 e. The second kappa shape index (κ2) is 9.59. The van der Waals surface area contributed by atoms with Crippen LogP contribution in [0.25, 0.3) is 0 Å². The summed E-state index contributed by atoms with van der Waals surface area (Å²) in [6, 6.07) is 3.57. The number of halogens is 5. The van der Waals surface area contributed by atoms with E-state index in [0.717, 1.165) is 9.13 Å². The van der Waals surface area contributed by atoms with Crippen LogP contribution >= 0.6 is 45.2 Å². The van der Waals surface area contributed by atoms with E-state index in [2.05, 4.69) is 22.6 Å². The standard InChI is InChI=1S/C20H18F3I2NO8S/c1-7-4-8(24)5-11(14(7)25)17(27)33-15-9-6-10-13(19(29)34-16(10)15)12(9)18(28)32-3-2-26-35(30,31)20(21,22)23/h4-5,9-10,12-13,15-16,26H,2-3,6H2,1H3. The van der Waals surface area contributed by atoms with Crippen molar-refractivity contribution in [2.45, 2.75) is 31.1 Å². The molecule has 0 aromatic heterocycles. The third-order valence-electron chi connectivity index (χ3n) is 6.44. The SMILES string of the molecule is Cc1cc(I)cc(C(=O)OC2C3CC4C2OC(=O)C4C3C(=O)OCCNS(=O)(=O)C(F)(F)F)c1I. The summed E-state index contributed by atoms with van der Waals surface area (Å²) < 4.78 is 78.3. The number of nitrogens with one attached hydrogen (secondary N) is 1. The molecule has 3 aliphatic rings. The van der Waals surface area contributed by atoms with Gasteiger partial charge in [-0.2, -0.15) is 13.2 Å². The average molecular weight is 743 g/mol. The van der Waals surface area contributed by atoms with E-state index >= 15 is 0 Å². The summed E-state index contributed by atoms with van der Waals surface area (Å²) in [7, 11) is -5.57. The lowest BCUT2D eigenvalue weighted by Gasteiger charge is -2.30. The maximum absolute atomic E-state index is 13.0. The predicted octanol–water partition coefficient (Wildman–Crippen LogP) is 2.52. The van der Waals surface area contributed by atoms with E-state index in [1.165, 1.54) is 4.72 Å². The van der Waals surface area contributed by atoms with Gasteiger partial charge in [-0.25, -0.2) is 17.9 Å². The first-order valence-electron chi connectivity index (χ1n) is 10.3. The second-order valence-electron chi connectivity index (χ2n) is 8.48. The van der Waals surface area contributed by atoms with Gasteiger partial charge in [-0.1, -0.05) is 0 Å². The Morgan fingerprint density at radius 2 is 1.91 bits per heavy atom. The van der Waals surface area contributed by atoms with E-state index in [4.69, 9.17) is 14.2 Å². The van der Waals surface area contributed by atoms with Crippen molar-refractivity contribution in [3.63, 3.8) is 0 Å². The number of sulfonamides is 1. The number of rotatable bonds is 7. The fourth-order valence-corrected chi connectivity index (χ4v) is 6.86. The highest BCUT2D eigenvalue weighted by atomic mass is 127. The van der Waals surface area contributed by atoms with Gasteiger partial charge in [0, 0.05) is 25.5 Å². The summed E-state index contributed by atoms with van der Waals surface area (Å²) in [5.74, 6) is -4.89. The zero-order valence-electron chi connectivity index (χ0n) is 17.8. The largest absolute Gasteiger partial charge is 0.511 e. The second-order valence-corrected chi connectivity index (χ2v) is 12.6. The van der Waals surface area contributed by atoms with Gasteiger partial charge in [-0.05, 0) is 76.2 Å². The van der Waals surface area contributed by atoms with E-state index in [1.54, 1.807) is 6.07 Å². The zero-order valence-corrected chi connectivity index (χ0v) is 22.9. The Hall–Kier alpha value is -1.21. The molecule has 0 amide bonds. The number of esters is 3. The highest BCUT2D eigenvalue weighted by Crippen LogP contribution is 2.59. The molecule has 1 aliphatic heterocycles. The van der Waals surface area contributed by atoms with Gasteiger partial charge < -0.3 is 14.2 Å². The van der Waals surface area contributed by atoms with Crippen LogP contribution in [0.3, 0.4) is 0 Å². The Kier molecular flexibility index (Phi) is 7.35. The van der Waals surface area contributed by atoms with E-state index in [9.17, 15) is 36.0 Å². The molecule has 9 nitrogen and oxygen atoms in total. The molecular weight excluding hydrogens is 725 g/mol. The molecule has 3 fully saturated rings. The maximum atomic E-state index is 13.0. The zero-order chi connectivity index (χ0) is 25.9. The van der Waals surface area contributed by atoms with Crippen LogP contribution in [0.1, 0.15) is 22.3 Å². The molecule has 0 spiro atoms. The number of fused-ring (bicyclic) bond motifs is 1. The molecule has 1 heterocycles. The Bertz CT molecular complexity index is 1190. The Balaban J connectivity index is 1.44. The summed E-state index contributed by atoms with van der Waals surface area (Å²) >= 11 is 4.11. The Labute approximate surface area is 225 Å². The van der Waals surface area contributed by atoms with Crippen molar-refractivity contribution >= 4 is 73.1 Å². The molecule has 15 heteroatoms. The number of alkyl halides is 3. The molecule has 192 valence electrons. The summed E-state index contributed by atoms with van der Waals surface area (Å²) in [6.07, 6.45) is -1.20. The molecule has 4 rings (SSSR count). The van der Waals surface area contributed by atoms with Crippen molar-refractivity contribution in [3.05, 3.63) is 30.4 Å². The maximum Gasteiger partial charge on any atom is 0.511 e. The van der Waals surface area contributed by atoms with Crippen molar-refractivity contribution < 1.29 is 50.2 Å². The molecule has 1 saturated heterocycles. The molecule has 2 aliphatic carbocycles. The third kappa shape index (κ3) is 4.88. The van der Waals surface area contributed by atoms with Gasteiger partial charge in [0.1, 0.15) is 18.8 Å². The van der Waals surface area contributed by atoms with Crippen molar-refractivity contribution in [2.24, 2.45) is 23.7 Å². The lowest BCUT2D eigenvalue weighted by Crippen LogP contribution is -2.44. The van der Waals surface area contributed by atoms with Crippen molar-refractivity contribution in [3.8, 4) is 0 Å². The first kappa shape index (κ1) is 26.8. The molecule has 2 saturated carbocycles. The lowest BCUT2D eigenvalue weighted by atomic mass is 9.78. The molecule has 1 aromatic rings. The van der Waals surface area contributed by atoms with E-state index in [0.29, 0.717) is 15.6 Å². The van der Waals surface area contributed by atoms with E-state index in [1.807, 2.05) is 35.6 Å². The molecule has 6 atom stereocenters. The van der Waals surface area contributed by atoms with Crippen molar-refractivity contribution in [2.75, 3.05) is 13.2 Å². The molecule has 35 heavy (non-hydrogen) atoms. The number of carbonyl (C=O) groups excluding carboxylic acids is 3. The van der Waals surface area contributed by atoms with Gasteiger partial charge in [-0.3, -0.25) is 9.59 Å². The highest BCUT2D eigenvalue weighted by molar-refractivity contribution is 14.1. The number of carbonyl (C=O) groups is 3. The fraction of sp³-hybridized carbons (Fsp3) is 0.550. The lowest BCUT2D eigenvalue weighted by molar-refractivity contribution is -0.156. The third-order valence-corrected chi connectivity index (χ3v) is 9.69. The first-order valence-corrected chi connectivity index (χ1v) is 14.0. The molecule has 2 bridgehead atoms. The van der Waals surface area contributed by atoms with Gasteiger partial charge in [0.05, 0.1) is 17.4 Å². The van der Waals surface area contributed by atoms with Gasteiger partial charge in [0.25, 0.3) is 0 Å². The van der Waals surface area contributed by atoms with Crippen molar-refractivity contribution in [1.82, 2.24) is 4.72 Å². The fourth-order valence-electron chi connectivity index (χ4n) is 5.04. The highest BCUT2D eigenvalue weighted by Gasteiger charge is 2.70. The van der Waals surface area contributed by atoms with Gasteiger partial charge >= 0.3 is 33.4 Å². The van der Waals surface area contributed by atoms with Crippen molar-refractivity contribution in [1.29, 1.82) is 0 Å².